The molecule has 0 aliphatic carbocycles. The number of anilines is 1. The highest BCUT2D eigenvalue weighted by Gasteiger charge is 2.06. The summed E-state index contributed by atoms with van der Waals surface area (Å²) in [5, 5.41) is 8.15. The Labute approximate surface area is 150 Å². The summed E-state index contributed by atoms with van der Waals surface area (Å²) >= 11 is 6.36. The average Bonchev–Trinajstić information content (AvgIpc) is 3.15. The van der Waals surface area contributed by atoms with Gasteiger partial charge in [-0.3, -0.25) is 10.1 Å². The lowest BCUT2D eigenvalue weighted by Gasteiger charge is -1.97. The molecule has 0 radical (unpaired) electrons. The van der Waals surface area contributed by atoms with Gasteiger partial charge in [-0.25, -0.2) is 9.97 Å². The van der Waals surface area contributed by atoms with Crippen LogP contribution in [0.2, 0.25) is 0 Å². The SMILES string of the molecule is Cc1nc(/C=C/C(=O)Nc2nc(-c3ccc(Br)cc3)cs2)cs1. The molecule has 1 N–H and O–H groups in total. The molecule has 0 aliphatic heterocycles. The molecule has 1 amide bonds. The van der Waals surface area contributed by atoms with Crippen LogP contribution in [0.4, 0.5) is 5.13 Å². The highest BCUT2D eigenvalue weighted by Crippen LogP contribution is 2.26. The molecule has 0 aliphatic rings. The maximum absolute atomic E-state index is 11.9. The molecule has 0 bridgehead atoms. The predicted molar refractivity (Wildman–Crippen MR) is 99.8 cm³/mol. The number of benzene rings is 1. The van der Waals surface area contributed by atoms with E-state index in [9.17, 15) is 4.79 Å². The largest absolute Gasteiger partial charge is 0.298 e. The van der Waals surface area contributed by atoms with Crippen molar-refractivity contribution in [1.82, 2.24) is 9.97 Å². The fourth-order valence-corrected chi connectivity index (χ4v) is 3.42. The highest BCUT2D eigenvalue weighted by molar-refractivity contribution is 9.10. The lowest BCUT2D eigenvalue weighted by atomic mass is 10.2. The molecule has 0 spiro atoms. The van der Waals surface area contributed by atoms with E-state index in [0.29, 0.717) is 5.13 Å². The molecule has 0 fully saturated rings. The second-order valence-electron chi connectivity index (χ2n) is 4.66. The molecule has 0 unspecified atom stereocenters. The quantitative estimate of drug-likeness (QED) is 0.621. The molecule has 7 heteroatoms. The number of carbonyl (C=O) groups is 1. The van der Waals surface area contributed by atoms with E-state index < -0.39 is 0 Å². The van der Waals surface area contributed by atoms with Crippen molar-refractivity contribution in [3.05, 3.63) is 56.3 Å². The predicted octanol–water partition coefficient (Wildman–Crippen LogP) is 4.99. The van der Waals surface area contributed by atoms with E-state index in [1.165, 1.54) is 17.4 Å². The number of aromatic nitrogens is 2. The number of carbonyl (C=O) groups excluding carboxylic acids is 1. The van der Waals surface area contributed by atoms with Crippen molar-refractivity contribution in [2.45, 2.75) is 6.92 Å². The van der Waals surface area contributed by atoms with Gasteiger partial charge in [-0.1, -0.05) is 28.1 Å². The normalized spacial score (nSPS) is 11.0. The number of rotatable bonds is 4. The lowest BCUT2D eigenvalue weighted by molar-refractivity contribution is -0.111. The van der Waals surface area contributed by atoms with Crippen LogP contribution in [-0.4, -0.2) is 15.9 Å². The van der Waals surface area contributed by atoms with Crippen molar-refractivity contribution in [3.8, 4) is 11.3 Å². The van der Waals surface area contributed by atoms with E-state index in [1.54, 1.807) is 17.4 Å². The van der Waals surface area contributed by atoms with E-state index in [4.69, 9.17) is 0 Å². The molecule has 0 saturated carbocycles. The summed E-state index contributed by atoms with van der Waals surface area (Å²) < 4.78 is 1.02. The van der Waals surface area contributed by atoms with E-state index >= 15 is 0 Å². The summed E-state index contributed by atoms with van der Waals surface area (Å²) in [5.41, 5.74) is 2.65. The highest BCUT2D eigenvalue weighted by atomic mass is 79.9. The Morgan fingerprint density at radius 2 is 1.96 bits per heavy atom. The smallest absolute Gasteiger partial charge is 0.250 e. The zero-order valence-electron chi connectivity index (χ0n) is 12.1. The molecule has 23 heavy (non-hydrogen) atoms. The Balaban J connectivity index is 1.65. The van der Waals surface area contributed by atoms with E-state index in [-0.39, 0.29) is 5.91 Å². The second-order valence-corrected chi connectivity index (χ2v) is 7.49. The van der Waals surface area contributed by atoms with Crippen molar-refractivity contribution in [3.63, 3.8) is 0 Å². The van der Waals surface area contributed by atoms with Crippen LogP contribution in [0.15, 0.2) is 45.6 Å². The first-order chi connectivity index (χ1) is 11.1. The molecule has 4 nitrogen and oxygen atoms in total. The summed E-state index contributed by atoms with van der Waals surface area (Å²) in [5.74, 6) is -0.215. The van der Waals surface area contributed by atoms with E-state index in [0.717, 1.165) is 26.4 Å². The zero-order chi connectivity index (χ0) is 16.2. The van der Waals surface area contributed by atoms with Gasteiger partial charge in [-0.15, -0.1) is 22.7 Å². The van der Waals surface area contributed by atoms with Crippen molar-refractivity contribution < 1.29 is 4.79 Å². The number of nitrogens with zero attached hydrogens (tertiary/aromatic N) is 2. The number of hydrogen-bond donors (Lipinski definition) is 1. The number of halogens is 1. The summed E-state index contributed by atoms with van der Waals surface area (Å²) in [6.07, 6.45) is 3.16. The molecule has 1 aromatic carbocycles. The van der Waals surface area contributed by atoms with Crippen LogP contribution in [0.25, 0.3) is 17.3 Å². The third-order valence-electron chi connectivity index (χ3n) is 2.92. The molecule has 0 saturated heterocycles. The summed E-state index contributed by atoms with van der Waals surface area (Å²) in [6, 6.07) is 7.89. The second kappa shape index (κ2) is 7.16. The van der Waals surface area contributed by atoms with Crippen LogP contribution in [0.3, 0.4) is 0 Å². The standard InChI is InChI=1S/C16H12BrN3OS2/c1-10-18-13(8-22-10)6-7-15(21)20-16-19-14(9-23-16)11-2-4-12(17)5-3-11/h2-9H,1H3,(H,19,20,21)/b7-6+. The van der Waals surface area contributed by atoms with Crippen LogP contribution in [-0.2, 0) is 4.79 Å². The van der Waals surface area contributed by atoms with Crippen molar-refractivity contribution in [1.29, 1.82) is 0 Å². The number of aryl methyl sites for hydroxylation is 1. The van der Waals surface area contributed by atoms with Gasteiger partial charge < -0.3 is 0 Å². The average molecular weight is 406 g/mol. The Hall–Kier alpha value is -1.83. The molecule has 2 aromatic heterocycles. The van der Waals surface area contributed by atoms with Crippen molar-refractivity contribution in [2.75, 3.05) is 5.32 Å². The van der Waals surface area contributed by atoms with E-state index in [2.05, 4.69) is 31.2 Å². The number of thiazole rings is 2. The summed E-state index contributed by atoms with van der Waals surface area (Å²) in [6.45, 7) is 1.93. The lowest BCUT2D eigenvalue weighted by Crippen LogP contribution is -2.07. The molecule has 0 atom stereocenters. The molecule has 3 rings (SSSR count). The first kappa shape index (κ1) is 16.0. The molecule has 3 aromatic rings. The van der Waals surface area contributed by atoms with Gasteiger partial charge in [0.05, 0.1) is 16.4 Å². The van der Waals surface area contributed by atoms with Gasteiger partial charge >= 0.3 is 0 Å². The van der Waals surface area contributed by atoms with Crippen molar-refractivity contribution in [2.24, 2.45) is 0 Å². The van der Waals surface area contributed by atoms with Gasteiger partial charge in [-0.05, 0) is 25.1 Å². The topological polar surface area (TPSA) is 54.9 Å². The van der Waals surface area contributed by atoms with Crippen LogP contribution in [0.1, 0.15) is 10.7 Å². The van der Waals surface area contributed by atoms with Crippen LogP contribution in [0, 0.1) is 6.92 Å². The third kappa shape index (κ3) is 4.34. The first-order valence-electron chi connectivity index (χ1n) is 6.73. The Morgan fingerprint density at radius 1 is 1.17 bits per heavy atom. The van der Waals surface area contributed by atoms with Gasteiger partial charge in [0.1, 0.15) is 0 Å². The number of nitrogens with one attached hydrogen (secondary N) is 1. The molecule has 2 heterocycles. The fourth-order valence-electron chi connectivity index (χ4n) is 1.85. The number of amides is 1. The maximum atomic E-state index is 11.9. The van der Waals surface area contributed by atoms with Gasteiger partial charge in [-0.2, -0.15) is 0 Å². The minimum Gasteiger partial charge on any atom is -0.298 e. The van der Waals surface area contributed by atoms with Gasteiger partial charge in [0.2, 0.25) is 5.91 Å². The van der Waals surface area contributed by atoms with Crippen LogP contribution < -0.4 is 5.32 Å². The van der Waals surface area contributed by atoms with Gasteiger partial charge in [0.25, 0.3) is 0 Å². The van der Waals surface area contributed by atoms with Gasteiger partial charge in [0.15, 0.2) is 5.13 Å². The van der Waals surface area contributed by atoms with Crippen molar-refractivity contribution >= 4 is 55.7 Å². The summed E-state index contributed by atoms with van der Waals surface area (Å²) in [4.78, 5) is 20.6. The molecule has 116 valence electrons. The third-order valence-corrected chi connectivity index (χ3v) is 4.99. The molecular formula is C16H12BrN3OS2. The Kier molecular flexibility index (Phi) is 5.00. The van der Waals surface area contributed by atoms with E-state index in [1.807, 2.05) is 41.9 Å². The Bertz CT molecular complexity index is 852. The minimum atomic E-state index is -0.215. The maximum Gasteiger partial charge on any atom is 0.250 e. The first-order valence-corrected chi connectivity index (χ1v) is 9.28. The fraction of sp³-hybridized carbons (Fsp3) is 0.0625. The minimum absolute atomic E-state index is 0.215. The van der Waals surface area contributed by atoms with Crippen LogP contribution in [0.5, 0.6) is 0 Å². The summed E-state index contributed by atoms with van der Waals surface area (Å²) in [7, 11) is 0. The Morgan fingerprint density at radius 3 is 2.65 bits per heavy atom. The monoisotopic (exact) mass is 405 g/mol. The number of hydrogen-bond acceptors (Lipinski definition) is 5. The van der Waals surface area contributed by atoms with Gasteiger partial charge in [0, 0.05) is 26.9 Å². The van der Waals surface area contributed by atoms with Crippen LogP contribution >= 0.6 is 38.6 Å². The molecular weight excluding hydrogens is 394 g/mol. The zero-order valence-corrected chi connectivity index (χ0v) is 15.3.